The maximum absolute atomic E-state index is 13.6. The molecule has 0 saturated heterocycles. The van der Waals surface area contributed by atoms with Gasteiger partial charge in [0, 0.05) is 5.02 Å². The molecule has 0 saturated carbocycles. The number of halogens is 6. The van der Waals surface area contributed by atoms with E-state index in [2.05, 4.69) is 0 Å². The Hall–Kier alpha value is -1.87. The van der Waals surface area contributed by atoms with E-state index in [-0.39, 0.29) is 11.1 Å². The molecule has 0 fully saturated rings. The first-order valence-electron chi connectivity index (χ1n) is 5.85. The minimum absolute atomic E-state index is 0.00610. The number of nitrogens with one attached hydrogen (secondary N) is 1. The molecule has 2 rings (SSSR count). The summed E-state index contributed by atoms with van der Waals surface area (Å²) in [6.07, 6.45) is -5.07. The van der Waals surface area contributed by atoms with Crippen LogP contribution in [-0.2, 0) is 16.2 Å². The second kappa shape index (κ2) is 5.97. The molecule has 124 valence electrons. The molecule has 0 spiro atoms. The Bertz CT molecular complexity index is 852. The van der Waals surface area contributed by atoms with E-state index in [1.54, 1.807) is 4.72 Å². The molecule has 0 aliphatic carbocycles. The van der Waals surface area contributed by atoms with Gasteiger partial charge in [0.15, 0.2) is 0 Å². The lowest BCUT2D eigenvalue weighted by atomic mass is 10.2. The summed E-state index contributed by atoms with van der Waals surface area (Å²) < 4.78 is 90.5. The predicted octanol–water partition coefficient (Wildman–Crippen LogP) is 4.44. The molecule has 0 heterocycles. The number of alkyl halides is 3. The standard InChI is InChI=1S/C13H7ClF5NO2S/c14-7-1-4-12(11(16)5-7)20-23(21,22)8-2-3-10(15)9(6-8)13(17,18)19/h1-6,20H. The summed E-state index contributed by atoms with van der Waals surface area (Å²) in [6.45, 7) is 0. The Morgan fingerprint density at radius 3 is 2.17 bits per heavy atom. The largest absolute Gasteiger partial charge is 0.419 e. The molecule has 0 atom stereocenters. The Balaban J connectivity index is 2.44. The van der Waals surface area contributed by atoms with Gasteiger partial charge in [-0.1, -0.05) is 11.6 Å². The first kappa shape index (κ1) is 17.5. The van der Waals surface area contributed by atoms with Gasteiger partial charge in [-0.05, 0) is 36.4 Å². The third-order valence-electron chi connectivity index (χ3n) is 2.73. The zero-order valence-electron chi connectivity index (χ0n) is 11.0. The number of benzene rings is 2. The van der Waals surface area contributed by atoms with Crippen molar-refractivity contribution in [1.82, 2.24) is 0 Å². The highest BCUT2D eigenvalue weighted by molar-refractivity contribution is 7.92. The third-order valence-corrected chi connectivity index (χ3v) is 4.33. The number of anilines is 1. The van der Waals surface area contributed by atoms with Crippen LogP contribution in [-0.4, -0.2) is 8.42 Å². The van der Waals surface area contributed by atoms with Crippen molar-refractivity contribution in [3.63, 3.8) is 0 Å². The summed E-state index contributed by atoms with van der Waals surface area (Å²) in [5.74, 6) is -2.63. The second-order valence-corrected chi connectivity index (χ2v) is 6.49. The molecule has 0 bridgehead atoms. The van der Waals surface area contributed by atoms with Crippen LogP contribution in [0.15, 0.2) is 41.3 Å². The van der Waals surface area contributed by atoms with Gasteiger partial charge >= 0.3 is 6.18 Å². The fraction of sp³-hybridized carbons (Fsp3) is 0.0769. The SMILES string of the molecule is O=S(=O)(Nc1ccc(Cl)cc1F)c1ccc(F)c(C(F)(F)F)c1. The van der Waals surface area contributed by atoms with Crippen molar-refractivity contribution >= 4 is 27.3 Å². The highest BCUT2D eigenvalue weighted by atomic mass is 35.5. The summed E-state index contributed by atoms with van der Waals surface area (Å²) >= 11 is 5.51. The van der Waals surface area contributed by atoms with Gasteiger partial charge in [0.1, 0.15) is 11.6 Å². The number of hydrogen-bond donors (Lipinski definition) is 1. The van der Waals surface area contributed by atoms with Crippen molar-refractivity contribution in [2.24, 2.45) is 0 Å². The first-order valence-corrected chi connectivity index (χ1v) is 7.71. The Morgan fingerprint density at radius 1 is 0.957 bits per heavy atom. The average Bonchev–Trinajstić information content (AvgIpc) is 2.41. The molecular weight excluding hydrogens is 365 g/mol. The van der Waals surface area contributed by atoms with Gasteiger partial charge in [-0.2, -0.15) is 13.2 Å². The van der Waals surface area contributed by atoms with E-state index >= 15 is 0 Å². The molecule has 2 aromatic carbocycles. The van der Waals surface area contributed by atoms with E-state index in [0.717, 1.165) is 12.1 Å². The number of rotatable bonds is 3. The molecule has 0 aliphatic heterocycles. The zero-order chi connectivity index (χ0) is 17.4. The maximum Gasteiger partial charge on any atom is 0.419 e. The molecule has 0 aromatic heterocycles. The van der Waals surface area contributed by atoms with Gasteiger partial charge in [0.05, 0.1) is 16.1 Å². The quantitative estimate of drug-likeness (QED) is 0.811. The Labute approximate surface area is 132 Å². The highest BCUT2D eigenvalue weighted by Gasteiger charge is 2.35. The third kappa shape index (κ3) is 3.91. The van der Waals surface area contributed by atoms with E-state index < -0.39 is 44.0 Å². The molecule has 10 heteroatoms. The lowest BCUT2D eigenvalue weighted by Crippen LogP contribution is -2.16. The normalized spacial score (nSPS) is 12.3. The number of hydrogen-bond acceptors (Lipinski definition) is 2. The van der Waals surface area contributed by atoms with Crippen molar-refractivity contribution in [2.75, 3.05) is 4.72 Å². The Kier molecular flexibility index (Phi) is 4.54. The van der Waals surface area contributed by atoms with Crippen LogP contribution in [0.25, 0.3) is 0 Å². The van der Waals surface area contributed by atoms with Crippen LogP contribution in [0, 0.1) is 11.6 Å². The summed E-state index contributed by atoms with van der Waals surface area (Å²) in [5.41, 5.74) is -2.25. The van der Waals surface area contributed by atoms with Crippen LogP contribution in [0.1, 0.15) is 5.56 Å². The van der Waals surface area contributed by atoms with Crippen molar-refractivity contribution < 1.29 is 30.4 Å². The van der Waals surface area contributed by atoms with Crippen molar-refractivity contribution in [1.29, 1.82) is 0 Å². The van der Waals surface area contributed by atoms with Crippen LogP contribution in [0.2, 0.25) is 5.02 Å². The first-order chi connectivity index (χ1) is 10.5. The van der Waals surface area contributed by atoms with Crippen LogP contribution in [0.3, 0.4) is 0 Å². The van der Waals surface area contributed by atoms with E-state index in [0.29, 0.717) is 12.1 Å². The maximum atomic E-state index is 13.6. The predicted molar refractivity (Wildman–Crippen MR) is 73.6 cm³/mol. The highest BCUT2D eigenvalue weighted by Crippen LogP contribution is 2.33. The molecule has 1 N–H and O–H groups in total. The van der Waals surface area contributed by atoms with Crippen LogP contribution in [0.5, 0.6) is 0 Å². The van der Waals surface area contributed by atoms with E-state index in [1.165, 1.54) is 6.07 Å². The van der Waals surface area contributed by atoms with Gasteiger partial charge < -0.3 is 0 Å². The van der Waals surface area contributed by atoms with Crippen LogP contribution in [0.4, 0.5) is 27.6 Å². The number of sulfonamides is 1. The molecule has 0 aliphatic rings. The molecule has 0 unspecified atom stereocenters. The van der Waals surface area contributed by atoms with Gasteiger partial charge in [-0.25, -0.2) is 17.2 Å². The fourth-order valence-corrected chi connectivity index (χ4v) is 2.92. The molecule has 2 aromatic rings. The van der Waals surface area contributed by atoms with Crippen molar-refractivity contribution in [2.45, 2.75) is 11.1 Å². The van der Waals surface area contributed by atoms with Gasteiger partial charge in [0.25, 0.3) is 10.0 Å². The van der Waals surface area contributed by atoms with E-state index in [1.807, 2.05) is 0 Å². The summed E-state index contributed by atoms with van der Waals surface area (Å²) in [4.78, 5) is -0.861. The monoisotopic (exact) mass is 371 g/mol. The Morgan fingerprint density at radius 2 is 1.61 bits per heavy atom. The van der Waals surface area contributed by atoms with Gasteiger partial charge in [0.2, 0.25) is 0 Å². The minimum atomic E-state index is -5.07. The van der Waals surface area contributed by atoms with Crippen LogP contribution >= 0.6 is 11.6 Å². The molecule has 3 nitrogen and oxygen atoms in total. The zero-order valence-corrected chi connectivity index (χ0v) is 12.5. The fourth-order valence-electron chi connectivity index (χ4n) is 1.66. The molecular formula is C13H7ClF5NO2S. The summed E-state index contributed by atoms with van der Waals surface area (Å²) in [6, 6.07) is 4.16. The van der Waals surface area contributed by atoms with Crippen LogP contribution < -0.4 is 4.72 Å². The van der Waals surface area contributed by atoms with Crippen molar-refractivity contribution in [3.8, 4) is 0 Å². The summed E-state index contributed by atoms with van der Waals surface area (Å²) in [7, 11) is -4.55. The minimum Gasteiger partial charge on any atom is -0.277 e. The van der Waals surface area contributed by atoms with E-state index in [9.17, 15) is 30.4 Å². The smallest absolute Gasteiger partial charge is 0.277 e. The average molecular weight is 372 g/mol. The lowest BCUT2D eigenvalue weighted by Gasteiger charge is -2.12. The summed E-state index contributed by atoms with van der Waals surface area (Å²) in [5, 5.41) is 0.00610. The topological polar surface area (TPSA) is 46.2 Å². The lowest BCUT2D eigenvalue weighted by molar-refractivity contribution is -0.140. The van der Waals surface area contributed by atoms with E-state index in [4.69, 9.17) is 11.6 Å². The molecule has 0 amide bonds. The van der Waals surface area contributed by atoms with Crippen molar-refractivity contribution in [3.05, 3.63) is 58.6 Å². The second-order valence-electron chi connectivity index (χ2n) is 4.37. The molecule has 23 heavy (non-hydrogen) atoms. The van der Waals surface area contributed by atoms with Gasteiger partial charge in [-0.3, -0.25) is 4.72 Å². The molecule has 0 radical (unpaired) electrons. The van der Waals surface area contributed by atoms with Gasteiger partial charge in [-0.15, -0.1) is 0 Å².